The first-order valence-corrected chi connectivity index (χ1v) is 6.29. The number of carbonyl (C=O) groups is 2. The molecule has 108 valence electrons. The monoisotopic (exact) mass is 300 g/mol. The summed E-state index contributed by atoms with van der Waals surface area (Å²) in [4.78, 5) is 34.4. The quantitative estimate of drug-likeness (QED) is 0.345. The Kier molecular flexibility index (Phi) is 5.92. The van der Waals surface area contributed by atoms with E-state index in [1.807, 2.05) is 0 Å². The summed E-state index contributed by atoms with van der Waals surface area (Å²) in [7, 11) is 0. The molecular weight excluding hydrogens is 288 g/mol. The van der Waals surface area contributed by atoms with Gasteiger partial charge in [-0.15, -0.1) is 11.6 Å². The highest BCUT2D eigenvalue weighted by molar-refractivity contribution is 6.29. The molecule has 0 radical (unpaired) electrons. The van der Waals surface area contributed by atoms with Gasteiger partial charge in [0.25, 0.3) is 5.69 Å². The largest absolute Gasteiger partial charge is 0.465 e. The maximum absolute atomic E-state index is 11.7. The van der Waals surface area contributed by atoms with Crippen molar-refractivity contribution in [2.24, 2.45) is 0 Å². The Balaban J connectivity index is 3.04. The molecule has 8 heteroatoms. The number of amides is 1. The molecule has 7 nitrogen and oxygen atoms in total. The number of halogens is 1. The van der Waals surface area contributed by atoms with Gasteiger partial charge in [0.2, 0.25) is 5.91 Å². The minimum Gasteiger partial charge on any atom is -0.465 e. The number of esters is 1. The van der Waals surface area contributed by atoms with Crippen molar-refractivity contribution in [3.63, 3.8) is 0 Å². The first kappa shape index (κ1) is 15.9. The van der Waals surface area contributed by atoms with Crippen LogP contribution in [0, 0.1) is 10.1 Å². The fraction of sp³-hybridized carbons (Fsp3) is 0.333. The third-order valence-electron chi connectivity index (χ3n) is 2.36. The van der Waals surface area contributed by atoms with E-state index in [1.54, 1.807) is 6.92 Å². The fourth-order valence-electron chi connectivity index (χ4n) is 1.51. The van der Waals surface area contributed by atoms with Gasteiger partial charge in [0, 0.05) is 12.1 Å². The molecule has 0 saturated heterocycles. The van der Waals surface area contributed by atoms with Gasteiger partial charge in [0.1, 0.15) is 12.4 Å². The number of rotatable bonds is 6. The number of nitro benzene ring substituents is 1. The molecule has 0 bridgehead atoms. The molecule has 1 amide bonds. The van der Waals surface area contributed by atoms with Crippen molar-refractivity contribution in [2.45, 2.75) is 6.92 Å². The lowest BCUT2D eigenvalue weighted by Crippen LogP contribution is -2.37. The molecule has 0 unspecified atom stereocenters. The van der Waals surface area contributed by atoms with E-state index < -0.39 is 16.8 Å². The molecule has 0 atom stereocenters. The standard InChI is InChI=1S/C12H13ClN2O5/c1-2-20-12(17)8-14(11(16)7-13)9-4-3-5-10(6-9)15(18)19/h3-6H,2,7-8H2,1H3. The predicted octanol–water partition coefficient (Wildman–Crippen LogP) is 1.73. The average Bonchev–Trinajstić information content (AvgIpc) is 2.44. The topological polar surface area (TPSA) is 89.8 Å². The zero-order chi connectivity index (χ0) is 15.1. The van der Waals surface area contributed by atoms with Crippen molar-refractivity contribution in [2.75, 3.05) is 23.9 Å². The molecule has 0 aliphatic heterocycles. The van der Waals surface area contributed by atoms with E-state index >= 15 is 0 Å². The van der Waals surface area contributed by atoms with E-state index in [4.69, 9.17) is 16.3 Å². The number of carbonyl (C=O) groups excluding carboxylic acids is 2. The first-order valence-electron chi connectivity index (χ1n) is 5.76. The maximum atomic E-state index is 11.7. The molecule has 0 N–H and O–H groups in total. The molecule has 0 spiro atoms. The number of anilines is 1. The molecule has 0 fully saturated rings. The highest BCUT2D eigenvalue weighted by atomic mass is 35.5. The van der Waals surface area contributed by atoms with E-state index in [9.17, 15) is 19.7 Å². The second kappa shape index (κ2) is 7.44. The third-order valence-corrected chi connectivity index (χ3v) is 2.59. The van der Waals surface area contributed by atoms with E-state index in [0.29, 0.717) is 0 Å². The van der Waals surface area contributed by atoms with Crippen LogP contribution in [0.25, 0.3) is 0 Å². The van der Waals surface area contributed by atoms with Crippen LogP contribution in [0.1, 0.15) is 6.92 Å². The molecular formula is C12H13ClN2O5. The summed E-state index contributed by atoms with van der Waals surface area (Å²) < 4.78 is 4.76. The van der Waals surface area contributed by atoms with Crippen LogP contribution in [-0.2, 0) is 14.3 Å². The maximum Gasteiger partial charge on any atom is 0.326 e. The molecule has 0 aromatic heterocycles. The predicted molar refractivity (Wildman–Crippen MR) is 72.8 cm³/mol. The Morgan fingerprint density at radius 3 is 2.70 bits per heavy atom. The van der Waals surface area contributed by atoms with Crippen molar-refractivity contribution >= 4 is 34.9 Å². The molecule has 1 rings (SSSR count). The number of nitro groups is 1. The lowest BCUT2D eigenvalue weighted by molar-refractivity contribution is -0.384. The van der Waals surface area contributed by atoms with E-state index in [0.717, 1.165) is 4.90 Å². The van der Waals surface area contributed by atoms with E-state index in [2.05, 4.69) is 0 Å². The minimum absolute atomic E-state index is 0.177. The van der Waals surface area contributed by atoms with Gasteiger partial charge >= 0.3 is 5.97 Å². The summed E-state index contributed by atoms with van der Waals surface area (Å²) >= 11 is 5.48. The van der Waals surface area contributed by atoms with Crippen LogP contribution >= 0.6 is 11.6 Å². The van der Waals surface area contributed by atoms with Crippen molar-refractivity contribution in [1.82, 2.24) is 0 Å². The van der Waals surface area contributed by atoms with Gasteiger partial charge in [-0.1, -0.05) is 6.07 Å². The first-order chi connectivity index (χ1) is 9.49. The smallest absolute Gasteiger partial charge is 0.326 e. The molecule has 0 aliphatic carbocycles. The molecule has 20 heavy (non-hydrogen) atoms. The average molecular weight is 301 g/mol. The summed E-state index contributed by atoms with van der Waals surface area (Å²) in [5.74, 6) is -1.50. The number of nitrogens with zero attached hydrogens (tertiary/aromatic N) is 2. The Hall–Kier alpha value is -2.15. The van der Waals surface area contributed by atoms with Gasteiger partial charge in [-0.3, -0.25) is 24.6 Å². The van der Waals surface area contributed by atoms with Crippen LogP contribution in [0.15, 0.2) is 24.3 Å². The fourth-order valence-corrected chi connectivity index (χ4v) is 1.65. The van der Waals surface area contributed by atoms with Gasteiger partial charge in [-0.05, 0) is 13.0 Å². The van der Waals surface area contributed by atoms with Gasteiger partial charge in [-0.2, -0.15) is 0 Å². The molecule has 0 aliphatic rings. The zero-order valence-corrected chi connectivity index (χ0v) is 11.5. The summed E-state index contributed by atoms with van der Waals surface area (Å²) in [6.45, 7) is 1.47. The van der Waals surface area contributed by atoms with Gasteiger partial charge in [-0.25, -0.2) is 0 Å². The summed E-state index contributed by atoms with van der Waals surface area (Å²) in [5.41, 5.74) is 0.0386. The Labute approximate surface area is 120 Å². The number of hydrogen-bond donors (Lipinski definition) is 0. The number of hydrogen-bond acceptors (Lipinski definition) is 5. The van der Waals surface area contributed by atoms with Gasteiger partial charge in [0.05, 0.1) is 17.2 Å². The van der Waals surface area contributed by atoms with Crippen LogP contribution in [0.3, 0.4) is 0 Å². The SMILES string of the molecule is CCOC(=O)CN(C(=O)CCl)c1cccc([N+](=O)[O-])c1. The van der Waals surface area contributed by atoms with Crippen molar-refractivity contribution in [1.29, 1.82) is 0 Å². The van der Waals surface area contributed by atoms with E-state index in [-0.39, 0.29) is 30.4 Å². The Bertz CT molecular complexity index is 520. The Morgan fingerprint density at radius 2 is 2.15 bits per heavy atom. The highest BCUT2D eigenvalue weighted by Gasteiger charge is 2.20. The van der Waals surface area contributed by atoms with Crippen LogP contribution in [-0.4, -0.2) is 35.8 Å². The van der Waals surface area contributed by atoms with E-state index in [1.165, 1.54) is 24.3 Å². The molecule has 1 aromatic rings. The van der Waals surface area contributed by atoms with Gasteiger partial charge < -0.3 is 4.74 Å². The van der Waals surface area contributed by atoms with Crippen molar-refractivity contribution in [3.05, 3.63) is 34.4 Å². The van der Waals surface area contributed by atoms with Crippen LogP contribution in [0.4, 0.5) is 11.4 Å². The Morgan fingerprint density at radius 1 is 1.45 bits per heavy atom. The lowest BCUT2D eigenvalue weighted by atomic mass is 10.2. The third kappa shape index (κ3) is 4.20. The summed E-state index contributed by atoms with van der Waals surface area (Å²) in [6.07, 6.45) is 0. The van der Waals surface area contributed by atoms with Gasteiger partial charge in [0.15, 0.2) is 0 Å². The number of benzene rings is 1. The molecule has 0 heterocycles. The van der Waals surface area contributed by atoms with Crippen LogP contribution in [0.5, 0.6) is 0 Å². The van der Waals surface area contributed by atoms with Crippen LogP contribution < -0.4 is 4.90 Å². The van der Waals surface area contributed by atoms with Crippen molar-refractivity contribution in [3.8, 4) is 0 Å². The normalized spacial score (nSPS) is 9.90. The number of alkyl halides is 1. The molecule has 0 saturated carbocycles. The molecule has 1 aromatic carbocycles. The number of ether oxygens (including phenoxy) is 1. The second-order valence-corrected chi connectivity index (χ2v) is 3.96. The zero-order valence-electron chi connectivity index (χ0n) is 10.7. The lowest BCUT2D eigenvalue weighted by Gasteiger charge is -2.20. The summed E-state index contributed by atoms with van der Waals surface area (Å²) in [6, 6.07) is 5.39. The van der Waals surface area contributed by atoms with Crippen LogP contribution in [0.2, 0.25) is 0 Å². The highest BCUT2D eigenvalue weighted by Crippen LogP contribution is 2.21. The summed E-state index contributed by atoms with van der Waals surface area (Å²) in [5, 5.41) is 10.7. The minimum atomic E-state index is -0.613. The number of non-ortho nitro benzene ring substituents is 1. The second-order valence-electron chi connectivity index (χ2n) is 3.70. The van der Waals surface area contributed by atoms with Crippen molar-refractivity contribution < 1.29 is 19.2 Å².